The third kappa shape index (κ3) is 35.3. The Bertz CT molecular complexity index is 6140. The molecule has 0 saturated heterocycles. The Morgan fingerprint density at radius 1 is 0.296 bits per heavy atom. The first-order valence-corrected chi connectivity index (χ1v) is 60.2. The molecule has 0 N–H and O–H groups in total. The number of benzene rings is 13. The van der Waals surface area contributed by atoms with Crippen LogP contribution in [0.25, 0.3) is 50.1 Å². The first-order valence-electron chi connectivity index (χ1n) is 47.8. The summed E-state index contributed by atoms with van der Waals surface area (Å²) in [4.78, 5) is 18.4. The van der Waals surface area contributed by atoms with Gasteiger partial charge in [-0.25, -0.2) is 0 Å². The zero-order valence-electron chi connectivity index (χ0n) is 85.4. The molecule has 0 radical (unpaired) electrons. The van der Waals surface area contributed by atoms with E-state index in [4.69, 9.17) is 9.47 Å². The molecule has 0 bridgehead atoms. The molecular weight excluding hydrogens is 1960 g/mol. The minimum Gasteiger partial charge on any atom is -0.496 e. The number of rotatable bonds is 25. The normalized spacial score (nSPS) is 12.1. The van der Waals surface area contributed by atoms with Crippen molar-refractivity contribution < 1.29 is 62.2 Å². The van der Waals surface area contributed by atoms with Crippen LogP contribution in [-0.2, 0) is 82.4 Å². The van der Waals surface area contributed by atoms with E-state index in [0.717, 1.165) is 62.5 Å². The number of thiophene rings is 1. The molecule has 2 aromatic heterocycles. The quantitative estimate of drug-likeness (QED) is 0.0248. The van der Waals surface area contributed by atoms with Crippen LogP contribution >= 0.6 is 20.9 Å². The molecule has 15 rings (SSSR count). The lowest BCUT2D eigenvalue weighted by Gasteiger charge is -2.20. The zero-order valence-corrected chi connectivity index (χ0v) is 92.0. The van der Waals surface area contributed by atoms with Crippen LogP contribution in [-0.4, -0.2) is 78.8 Å². The lowest BCUT2D eigenvalue weighted by Crippen LogP contribution is -2.24. The van der Waals surface area contributed by atoms with Crippen molar-refractivity contribution in [3.63, 3.8) is 0 Å². The summed E-state index contributed by atoms with van der Waals surface area (Å²) in [6.45, 7) is 30.2. The van der Waals surface area contributed by atoms with Gasteiger partial charge in [-0.15, -0.1) is 39.5 Å². The Morgan fingerprint density at radius 2 is 0.599 bits per heavy atom. The first-order chi connectivity index (χ1) is 67.3. The molecule has 2 heterocycles. The van der Waals surface area contributed by atoms with Gasteiger partial charge in [0.2, 0.25) is 5.43 Å². The number of alkyl halides is 12. The maximum absolute atomic E-state index is 13.8. The molecule has 2 unspecified atom stereocenters. The third-order valence-electron chi connectivity index (χ3n) is 22.5. The van der Waals surface area contributed by atoms with Gasteiger partial charge in [-0.3, -0.25) is 4.79 Å². The lowest BCUT2D eigenvalue weighted by atomic mass is 9.87. The van der Waals surface area contributed by atoms with Gasteiger partial charge in [0.15, 0.2) is 95.5 Å². The summed E-state index contributed by atoms with van der Waals surface area (Å²) in [6.07, 6.45) is 20.0. The Balaban J connectivity index is 0.000000206. The van der Waals surface area contributed by atoms with Crippen molar-refractivity contribution in [2.24, 2.45) is 0 Å². The third-order valence-corrected chi connectivity index (χ3v) is 36.8. The highest BCUT2D eigenvalue weighted by Gasteiger charge is 2.57. The maximum Gasteiger partial charge on any atom is 0.586 e. The molecule has 0 amide bonds. The molecule has 0 aliphatic carbocycles. The average Bonchev–Trinajstić information content (AvgIpc) is 1.49. The number of fused-ring (bicyclic) bond motifs is 5. The van der Waals surface area contributed by atoms with Crippen molar-refractivity contribution in [1.82, 2.24) is 0 Å². The number of halogens is 12. The Labute approximate surface area is 859 Å². The Kier molecular flexibility index (Phi) is 47.0. The molecule has 0 spiro atoms. The van der Waals surface area contributed by atoms with Crippen molar-refractivity contribution in [3.8, 4) is 21.3 Å². The summed E-state index contributed by atoms with van der Waals surface area (Å²) in [7, 11) is -3.04. The van der Waals surface area contributed by atoms with Crippen molar-refractivity contribution in [2.45, 2.75) is 229 Å². The summed E-state index contributed by atoms with van der Waals surface area (Å²) in [5.74, 6) is 6.24. The molecular formula is C119H140F12O3S8+8. The van der Waals surface area contributed by atoms with Gasteiger partial charge in [0.25, 0.3) is 0 Å². The molecule has 0 aliphatic heterocycles. The summed E-state index contributed by atoms with van der Waals surface area (Å²) < 4.78 is 176. The van der Waals surface area contributed by atoms with Crippen molar-refractivity contribution in [2.75, 3.05) is 62.3 Å². The van der Waals surface area contributed by atoms with E-state index < -0.39 is 71.4 Å². The fourth-order valence-corrected chi connectivity index (χ4v) is 28.9. The van der Waals surface area contributed by atoms with Gasteiger partial charge in [-0.05, 0) is 259 Å². The molecule has 758 valence electrons. The van der Waals surface area contributed by atoms with Gasteiger partial charge in [0, 0.05) is 66.9 Å². The van der Waals surface area contributed by atoms with E-state index in [1.165, 1.54) is 166 Å². The maximum atomic E-state index is 13.8. The van der Waals surface area contributed by atoms with E-state index in [2.05, 4.69) is 205 Å². The molecule has 0 fully saturated rings. The van der Waals surface area contributed by atoms with Crippen LogP contribution in [0.5, 0.6) is 11.5 Å². The van der Waals surface area contributed by atoms with E-state index in [1.54, 1.807) is 117 Å². The van der Waals surface area contributed by atoms with Crippen molar-refractivity contribution in [1.29, 1.82) is 0 Å². The minimum absolute atomic E-state index is 0.0350. The van der Waals surface area contributed by atoms with E-state index >= 15 is 0 Å². The molecule has 3 nitrogen and oxygen atoms in total. The predicted octanol–water partition coefficient (Wildman–Crippen LogP) is 36.8. The average molecular weight is 2100 g/mol. The second-order valence-corrected chi connectivity index (χ2v) is 53.7. The van der Waals surface area contributed by atoms with E-state index in [9.17, 15) is 57.5 Å². The minimum atomic E-state index is -4.47. The SMILES string of the molecule is CC(C)(C)c1ccc([S+](c2ccc(C(C)(C)C)cc2)C(F)(F)F)cc1.CCCCCCOc1c(C)cc(-[s+]2c3ccccc3c3ccccc32)cc1C.CCCC[S+](CCCC)CCCC.COc1c(C)cc([S+](c2ccccc2)C(F)(F)F)cc1C.C[S+](C)C.C[S+](C)c1ccccc1.FC(F)(F)[S+](c1ccccc1)c1ccccc1.O=c1c2ccccc2[s+](-c2ccccc2)c2ccc(C(F)(F)F)cc12. The van der Waals surface area contributed by atoms with Crippen LogP contribution in [0.1, 0.15) is 172 Å². The number of unbranched alkanes of at least 4 members (excludes halogenated alkanes) is 6. The fraction of sp³-hybridized carbons (Fsp3) is 0.336. The van der Waals surface area contributed by atoms with Crippen LogP contribution in [0.2, 0.25) is 0 Å². The molecule has 15 aromatic rings. The van der Waals surface area contributed by atoms with Gasteiger partial charge in [0.05, 0.1) is 48.8 Å². The first kappa shape index (κ1) is 118. The van der Waals surface area contributed by atoms with Gasteiger partial charge < -0.3 is 9.47 Å². The van der Waals surface area contributed by atoms with Crippen molar-refractivity contribution >= 4 is 127 Å². The highest BCUT2D eigenvalue weighted by Crippen LogP contribution is 2.51. The summed E-state index contributed by atoms with van der Waals surface area (Å²) in [5.41, 5.74) is -8.17. The Morgan fingerprint density at radius 3 is 0.937 bits per heavy atom. The second kappa shape index (κ2) is 56.5. The number of aryl methyl sites for hydroxylation is 4. The summed E-state index contributed by atoms with van der Waals surface area (Å²) in [5, 5.41) is 3.38. The highest BCUT2D eigenvalue weighted by atomic mass is 32.2. The van der Waals surface area contributed by atoms with Crippen LogP contribution in [0, 0.1) is 27.7 Å². The fourth-order valence-electron chi connectivity index (χ4n) is 15.5. The van der Waals surface area contributed by atoms with E-state index in [1.807, 2.05) is 66.7 Å². The lowest BCUT2D eigenvalue weighted by molar-refractivity contribution is -0.137. The smallest absolute Gasteiger partial charge is 0.496 e. The highest BCUT2D eigenvalue weighted by molar-refractivity contribution is 7.98. The molecule has 2 atom stereocenters. The monoisotopic (exact) mass is 2100 g/mol. The molecule has 23 heteroatoms. The van der Waals surface area contributed by atoms with Crippen molar-refractivity contribution in [3.05, 3.63) is 365 Å². The number of hydrogen-bond acceptors (Lipinski definition) is 3. The Hall–Kier alpha value is -9.17. The molecule has 142 heavy (non-hydrogen) atoms. The molecule has 13 aromatic carbocycles. The molecule has 0 saturated carbocycles. The summed E-state index contributed by atoms with van der Waals surface area (Å²) >= 11 is 0. The van der Waals surface area contributed by atoms with Crippen LogP contribution < -0.4 is 14.9 Å². The number of ether oxygens (including phenoxy) is 2. The van der Waals surface area contributed by atoms with E-state index in [0.29, 0.717) is 68.3 Å². The topological polar surface area (TPSA) is 35.5 Å². The van der Waals surface area contributed by atoms with Gasteiger partial charge >= 0.3 is 22.7 Å². The largest absolute Gasteiger partial charge is 0.586 e. The van der Waals surface area contributed by atoms with Crippen LogP contribution in [0.3, 0.4) is 0 Å². The van der Waals surface area contributed by atoms with Crippen LogP contribution in [0.4, 0.5) is 52.7 Å². The molecule has 0 aliphatic rings. The van der Waals surface area contributed by atoms with E-state index in [-0.39, 0.29) is 41.9 Å². The van der Waals surface area contributed by atoms with Gasteiger partial charge in [-0.2, -0.15) is 13.2 Å². The van der Waals surface area contributed by atoms with Crippen LogP contribution in [0.15, 0.2) is 355 Å². The second-order valence-electron chi connectivity index (χ2n) is 36.7. The van der Waals surface area contributed by atoms with Gasteiger partial charge in [-0.1, -0.05) is 259 Å². The zero-order chi connectivity index (χ0) is 104. The number of methoxy groups -OCH3 is 1. The number of hydrogen-bond donors (Lipinski definition) is 0. The standard InChI is InChI=1S/C26H29OS.C21H26F3S.C20H12F3OS.C16H16F3OS.C13H10F3S.C12H27S.C8H11S.C3H9S/c1-4-5-6-11-16-27-26-19(2)17-21(18-20(26)3)28-24-14-9-7-12-22(24)23-13-8-10-15-25(23)28;1-19(2,3)15-7-11-17(12-8-15)25(21(22,23)24)18-13-9-16(10-14-18)20(4,5)6;21-20(22,23)13-10-11-18-16(12-13)19(24)15-8-4-5-9-17(15)25(18)14-6-2-1-3-7-14;1-11-9-14(10-12(2)15(11)20-3)21(16(17,18)19)13-7-5-4-6-8-13;14-13(15,16)17(11-7-3-1-4-8-11)12-9-5-2-6-10-12;1-4-7-10-13(11-8-5-2)12-9-6-3;1-9(2)8-6-4-3-5-7-8;1-4(2)3/h7-10,12-15,17-18H,4-6,11,16H2,1-3H3;7-14H,1-6H3;1-12H;4-10H,1-3H3;1-10H;4-12H2,1-3H3;3-7H,1-2H3;1-3H3/q8*+1. The summed E-state index contributed by atoms with van der Waals surface area (Å²) in [6, 6.07) is 94.1. The van der Waals surface area contributed by atoms with Gasteiger partial charge in [0.1, 0.15) is 41.3 Å². The predicted molar refractivity (Wildman–Crippen MR) is 599 cm³/mol.